The normalized spacial score (nSPS) is 22.8. The van der Waals surface area contributed by atoms with Gasteiger partial charge in [0.1, 0.15) is 17.5 Å². The predicted octanol–water partition coefficient (Wildman–Crippen LogP) is 0.347. The fourth-order valence-corrected chi connectivity index (χ4v) is 5.12. The molecule has 1 fully saturated rings. The number of carboxylic acid groups (broad SMARTS) is 1. The predicted molar refractivity (Wildman–Crippen MR) is 110 cm³/mol. The van der Waals surface area contributed by atoms with Crippen molar-refractivity contribution in [3.8, 4) is 0 Å². The third-order valence-corrected chi connectivity index (χ3v) is 6.59. The number of hydrogen-bond acceptors (Lipinski definition) is 6. The molecule has 5 atom stereocenters. The molecule has 0 spiro atoms. The van der Waals surface area contributed by atoms with Gasteiger partial charge in [-0.2, -0.15) is 0 Å². The highest BCUT2D eigenvalue weighted by atomic mass is 32.2. The van der Waals surface area contributed by atoms with Gasteiger partial charge in [-0.25, -0.2) is 4.79 Å². The minimum Gasteiger partial charge on any atom is -0.480 e. The molecule has 1 aromatic rings. The molecule has 0 aromatic heterocycles. The largest absolute Gasteiger partial charge is 0.480 e. The Labute approximate surface area is 178 Å². The lowest BCUT2D eigenvalue weighted by atomic mass is 10.0. The van der Waals surface area contributed by atoms with E-state index in [1.807, 2.05) is 12.1 Å². The maximum absolute atomic E-state index is 13.0. The van der Waals surface area contributed by atoms with Crippen molar-refractivity contribution in [3.05, 3.63) is 35.4 Å². The van der Waals surface area contributed by atoms with Crippen molar-refractivity contribution in [3.63, 3.8) is 0 Å². The van der Waals surface area contributed by atoms with Gasteiger partial charge in [-0.3, -0.25) is 14.4 Å². The summed E-state index contributed by atoms with van der Waals surface area (Å²) in [6.07, 6.45) is -1.30. The minimum atomic E-state index is -1.49. The van der Waals surface area contributed by atoms with Gasteiger partial charge in [0.25, 0.3) is 5.91 Å². The summed E-state index contributed by atoms with van der Waals surface area (Å²) in [4.78, 5) is 51.2. The Morgan fingerprint density at radius 3 is 2.40 bits per heavy atom. The fourth-order valence-electron chi connectivity index (χ4n) is 3.66. The smallest absolute Gasteiger partial charge is 0.328 e. The first-order valence-electron chi connectivity index (χ1n) is 9.68. The lowest BCUT2D eigenvalue weighted by Gasteiger charge is -2.28. The number of aliphatic hydroxyl groups is 1. The number of nitrogens with one attached hydrogen (secondary N) is 2. The van der Waals surface area contributed by atoms with Gasteiger partial charge in [-0.15, -0.1) is 11.8 Å². The molecule has 30 heavy (non-hydrogen) atoms. The van der Waals surface area contributed by atoms with Gasteiger partial charge in [-0.1, -0.05) is 32.0 Å². The highest BCUT2D eigenvalue weighted by Crippen LogP contribution is 2.48. The van der Waals surface area contributed by atoms with Crippen LogP contribution in [-0.4, -0.2) is 68.8 Å². The second kappa shape index (κ2) is 8.65. The monoisotopic (exact) mass is 435 g/mol. The highest BCUT2D eigenvalue weighted by molar-refractivity contribution is 7.99. The first kappa shape index (κ1) is 22.1. The molecule has 5 unspecified atom stereocenters. The first-order valence-corrected chi connectivity index (χ1v) is 10.7. The Morgan fingerprint density at radius 2 is 1.80 bits per heavy atom. The molecule has 3 amide bonds. The van der Waals surface area contributed by atoms with Crippen molar-refractivity contribution in [2.75, 3.05) is 5.75 Å². The van der Waals surface area contributed by atoms with Crippen LogP contribution in [0.5, 0.6) is 0 Å². The van der Waals surface area contributed by atoms with Crippen LogP contribution in [0.2, 0.25) is 0 Å². The third kappa shape index (κ3) is 4.01. The number of benzene rings is 1. The van der Waals surface area contributed by atoms with Gasteiger partial charge >= 0.3 is 5.97 Å². The summed E-state index contributed by atoms with van der Waals surface area (Å²) in [6.45, 7) is 4.69. The van der Waals surface area contributed by atoms with Crippen molar-refractivity contribution in [1.82, 2.24) is 15.5 Å². The molecule has 162 valence electrons. The molecule has 4 N–H and O–H groups in total. The summed E-state index contributed by atoms with van der Waals surface area (Å²) in [5.74, 6) is -2.70. The number of nitrogens with zero attached hydrogens (tertiary/aromatic N) is 1. The zero-order chi connectivity index (χ0) is 22.2. The van der Waals surface area contributed by atoms with Crippen molar-refractivity contribution in [2.24, 2.45) is 5.92 Å². The van der Waals surface area contributed by atoms with E-state index in [-0.39, 0.29) is 17.2 Å². The van der Waals surface area contributed by atoms with Crippen LogP contribution in [0, 0.1) is 5.92 Å². The van der Waals surface area contributed by atoms with Crippen molar-refractivity contribution >= 4 is 35.5 Å². The van der Waals surface area contributed by atoms with Crippen molar-refractivity contribution in [1.29, 1.82) is 0 Å². The second-order valence-electron chi connectivity index (χ2n) is 7.80. The van der Waals surface area contributed by atoms with Crippen molar-refractivity contribution < 1.29 is 29.4 Å². The van der Waals surface area contributed by atoms with E-state index in [0.717, 1.165) is 5.56 Å². The molecule has 1 aromatic carbocycles. The number of aliphatic carboxylic acids is 1. The molecule has 0 bridgehead atoms. The zero-order valence-corrected chi connectivity index (χ0v) is 17.7. The Kier molecular flexibility index (Phi) is 6.37. The highest BCUT2D eigenvalue weighted by Gasteiger charge is 2.48. The standard InChI is InChI=1S/C20H25N3O6S/c1-9(2)14(17(26)22-15(10(3)24)20(28)29)21-16(25)13-8-30-19-12-7-5-4-6-11(12)18(27)23(13)19/h4-7,9-10,13-15,19,24H,8H2,1-3H3,(H,21,25)(H,22,26)(H,28,29). The van der Waals surface area contributed by atoms with E-state index in [1.165, 1.54) is 23.6 Å². The maximum Gasteiger partial charge on any atom is 0.328 e. The van der Waals surface area contributed by atoms with Crippen LogP contribution in [0.15, 0.2) is 24.3 Å². The number of hydrogen-bond donors (Lipinski definition) is 4. The number of carbonyl (C=O) groups excluding carboxylic acids is 3. The Morgan fingerprint density at radius 1 is 1.13 bits per heavy atom. The van der Waals surface area contributed by atoms with Gasteiger partial charge < -0.3 is 25.7 Å². The van der Waals surface area contributed by atoms with E-state index in [0.29, 0.717) is 11.3 Å². The summed E-state index contributed by atoms with van der Waals surface area (Å²) in [7, 11) is 0. The molecule has 2 aliphatic rings. The van der Waals surface area contributed by atoms with Gasteiger partial charge in [0.2, 0.25) is 11.8 Å². The van der Waals surface area contributed by atoms with Gasteiger partial charge in [-0.05, 0) is 24.5 Å². The number of rotatable bonds is 7. The summed E-state index contributed by atoms with van der Waals surface area (Å²) in [5.41, 5.74) is 1.45. The fraction of sp³-hybridized carbons (Fsp3) is 0.500. The van der Waals surface area contributed by atoms with E-state index >= 15 is 0 Å². The number of aliphatic hydroxyl groups excluding tert-OH is 1. The van der Waals surface area contributed by atoms with Gasteiger partial charge in [0, 0.05) is 11.3 Å². The summed E-state index contributed by atoms with van der Waals surface area (Å²) in [6, 6.07) is 4.00. The molecule has 10 heteroatoms. The number of thioether (sulfide) groups is 1. The average molecular weight is 436 g/mol. The molecular weight excluding hydrogens is 410 g/mol. The Balaban J connectivity index is 1.73. The van der Waals surface area contributed by atoms with E-state index in [4.69, 9.17) is 0 Å². The number of fused-ring (bicyclic) bond motifs is 3. The number of carboxylic acids is 1. The van der Waals surface area contributed by atoms with Gasteiger partial charge in [0.15, 0.2) is 6.04 Å². The molecule has 1 saturated heterocycles. The summed E-state index contributed by atoms with van der Waals surface area (Å²) < 4.78 is 0. The lowest BCUT2D eigenvalue weighted by Crippen LogP contribution is -2.58. The summed E-state index contributed by atoms with van der Waals surface area (Å²) >= 11 is 1.49. The van der Waals surface area contributed by atoms with Crippen molar-refractivity contribution in [2.45, 2.75) is 50.4 Å². The second-order valence-corrected chi connectivity index (χ2v) is 8.91. The molecule has 2 heterocycles. The topological polar surface area (TPSA) is 136 Å². The van der Waals surface area contributed by atoms with Crippen LogP contribution in [0.4, 0.5) is 0 Å². The number of amides is 3. The SMILES string of the molecule is CC(C)C(NC(=O)C1CSC2c3ccccc3C(=O)N12)C(=O)NC(C(=O)O)C(C)O. The molecule has 0 saturated carbocycles. The van der Waals surface area contributed by atoms with Crippen LogP contribution < -0.4 is 10.6 Å². The quantitative estimate of drug-likeness (QED) is 0.485. The minimum absolute atomic E-state index is 0.216. The van der Waals surface area contributed by atoms with Crippen LogP contribution >= 0.6 is 11.8 Å². The molecule has 0 aliphatic carbocycles. The van der Waals surface area contributed by atoms with Crippen LogP contribution in [-0.2, 0) is 14.4 Å². The van der Waals surface area contributed by atoms with E-state index in [1.54, 1.807) is 26.0 Å². The molecular formula is C20H25N3O6S. The molecule has 0 radical (unpaired) electrons. The average Bonchev–Trinajstić information content (AvgIpc) is 3.23. The van der Waals surface area contributed by atoms with E-state index in [2.05, 4.69) is 10.6 Å². The Hall–Kier alpha value is -2.59. The van der Waals surface area contributed by atoms with Gasteiger partial charge in [0.05, 0.1) is 6.10 Å². The molecule has 2 aliphatic heterocycles. The zero-order valence-electron chi connectivity index (χ0n) is 16.9. The van der Waals surface area contributed by atoms with Crippen LogP contribution in [0.3, 0.4) is 0 Å². The summed E-state index contributed by atoms with van der Waals surface area (Å²) in [5, 5.41) is 23.5. The van der Waals surface area contributed by atoms with E-state index in [9.17, 15) is 29.4 Å². The molecule has 3 rings (SSSR count). The third-order valence-electron chi connectivity index (χ3n) is 5.29. The van der Waals surface area contributed by atoms with Crippen LogP contribution in [0.25, 0.3) is 0 Å². The maximum atomic E-state index is 13.0. The van der Waals surface area contributed by atoms with E-state index < -0.39 is 42.0 Å². The van der Waals surface area contributed by atoms with Crippen LogP contribution in [0.1, 0.15) is 42.1 Å². The lowest BCUT2D eigenvalue weighted by molar-refractivity contribution is -0.145. The Bertz CT molecular complexity index is 874. The number of carbonyl (C=O) groups is 4. The first-order chi connectivity index (χ1) is 14.1. The molecule has 9 nitrogen and oxygen atoms in total.